The molecule has 0 spiro atoms. The molecule has 1 aliphatic heterocycles. The number of anilines is 1. The number of methoxy groups -OCH3 is 1. The maximum Gasteiger partial charge on any atom is 0.257 e. The van der Waals surface area contributed by atoms with E-state index in [-0.39, 0.29) is 35.8 Å². The second-order valence-corrected chi connectivity index (χ2v) is 9.07. The number of nitrogens with one attached hydrogen (secondary N) is 1. The molecule has 0 bridgehead atoms. The van der Waals surface area contributed by atoms with Crippen molar-refractivity contribution in [2.45, 2.75) is 52.2 Å². The van der Waals surface area contributed by atoms with Gasteiger partial charge in [-0.1, -0.05) is 13.8 Å². The van der Waals surface area contributed by atoms with Crippen molar-refractivity contribution < 1.29 is 19.1 Å². The van der Waals surface area contributed by atoms with Crippen molar-refractivity contribution in [2.24, 2.45) is 11.8 Å². The van der Waals surface area contributed by atoms with E-state index in [1.165, 1.54) is 0 Å². The molecule has 31 heavy (non-hydrogen) atoms. The van der Waals surface area contributed by atoms with E-state index in [1.807, 2.05) is 0 Å². The highest BCUT2D eigenvalue weighted by molar-refractivity contribution is 5.99. The van der Waals surface area contributed by atoms with E-state index in [0.29, 0.717) is 30.2 Å². The lowest BCUT2D eigenvalue weighted by Crippen LogP contribution is -2.46. The lowest BCUT2D eigenvalue weighted by molar-refractivity contribution is -0.117. The number of hydrogen-bond donors (Lipinski definition) is 1. The van der Waals surface area contributed by atoms with Crippen LogP contribution in [0, 0.1) is 11.8 Å². The van der Waals surface area contributed by atoms with Crippen molar-refractivity contribution in [1.82, 2.24) is 9.80 Å². The monoisotopic (exact) mass is 431 g/mol. The maximum atomic E-state index is 13.2. The first-order valence-electron chi connectivity index (χ1n) is 11.4. The van der Waals surface area contributed by atoms with Gasteiger partial charge in [0.05, 0.1) is 11.7 Å². The van der Waals surface area contributed by atoms with Gasteiger partial charge < -0.3 is 19.7 Å². The zero-order valence-electron chi connectivity index (χ0n) is 19.5. The number of nitrogens with zero attached hydrogens (tertiary/aromatic N) is 2. The molecule has 3 atom stereocenters. The van der Waals surface area contributed by atoms with Crippen LogP contribution in [0.5, 0.6) is 5.75 Å². The van der Waals surface area contributed by atoms with Gasteiger partial charge in [0.1, 0.15) is 12.4 Å². The summed E-state index contributed by atoms with van der Waals surface area (Å²) in [5.74, 6) is 0.827. The van der Waals surface area contributed by atoms with Crippen LogP contribution in [0.25, 0.3) is 0 Å². The Hall–Kier alpha value is -2.12. The molecular weight excluding hydrogens is 394 g/mol. The van der Waals surface area contributed by atoms with Crippen LogP contribution in [0.1, 0.15) is 50.4 Å². The highest BCUT2D eigenvalue weighted by Crippen LogP contribution is 2.32. The van der Waals surface area contributed by atoms with Gasteiger partial charge in [0, 0.05) is 51.0 Å². The SMILES string of the molecule is CCCN1C[C@H](C)[C@H](OC)CN(C)C(=O)c2ccc(NC(=O)C3CC3)cc2OC[C@H]1C. The number of carbonyl (C=O) groups excluding carboxylic acids is 2. The third kappa shape index (κ3) is 5.98. The summed E-state index contributed by atoms with van der Waals surface area (Å²) < 4.78 is 12.0. The van der Waals surface area contributed by atoms with Gasteiger partial charge in [-0.15, -0.1) is 0 Å². The fourth-order valence-corrected chi connectivity index (χ4v) is 4.11. The zero-order valence-corrected chi connectivity index (χ0v) is 19.5. The van der Waals surface area contributed by atoms with Gasteiger partial charge >= 0.3 is 0 Å². The molecule has 172 valence electrons. The van der Waals surface area contributed by atoms with Crippen molar-refractivity contribution >= 4 is 17.5 Å². The molecule has 1 aromatic rings. The third-order valence-electron chi connectivity index (χ3n) is 6.30. The molecule has 1 fully saturated rings. The Morgan fingerprint density at radius 3 is 2.65 bits per heavy atom. The molecule has 3 rings (SSSR count). The third-order valence-corrected chi connectivity index (χ3v) is 6.30. The Morgan fingerprint density at radius 2 is 2.00 bits per heavy atom. The minimum Gasteiger partial charge on any atom is -0.491 e. The average molecular weight is 432 g/mol. The standard InChI is InChI=1S/C24H37N3O4/c1-6-11-27-13-16(2)22(30-5)14-26(4)24(29)20-10-9-19(25-23(28)18-7-8-18)12-21(20)31-15-17(27)3/h9-10,12,16-18,22H,6-8,11,13-15H2,1-5H3,(H,25,28)/t16-,17+,22+/m0/s1. The van der Waals surface area contributed by atoms with E-state index < -0.39 is 0 Å². The molecule has 1 aliphatic carbocycles. The Morgan fingerprint density at radius 1 is 1.26 bits per heavy atom. The molecule has 1 N–H and O–H groups in total. The zero-order chi connectivity index (χ0) is 22.5. The largest absolute Gasteiger partial charge is 0.491 e. The molecular formula is C24H37N3O4. The van der Waals surface area contributed by atoms with Crippen LogP contribution in [0.3, 0.4) is 0 Å². The Kier molecular flexibility index (Phi) is 7.94. The number of carbonyl (C=O) groups is 2. The minimum absolute atomic E-state index is 0.0379. The van der Waals surface area contributed by atoms with E-state index >= 15 is 0 Å². The molecule has 7 nitrogen and oxygen atoms in total. The second kappa shape index (κ2) is 10.5. The lowest BCUT2D eigenvalue weighted by atomic mass is 10.0. The summed E-state index contributed by atoms with van der Waals surface area (Å²) >= 11 is 0. The first-order chi connectivity index (χ1) is 14.8. The number of rotatable bonds is 5. The highest BCUT2D eigenvalue weighted by Gasteiger charge is 2.31. The van der Waals surface area contributed by atoms with E-state index in [1.54, 1.807) is 37.3 Å². The molecule has 0 radical (unpaired) electrons. The molecule has 0 unspecified atom stereocenters. The quantitative estimate of drug-likeness (QED) is 0.775. The molecule has 2 aliphatic rings. The van der Waals surface area contributed by atoms with Crippen LogP contribution in [0.15, 0.2) is 18.2 Å². The maximum absolute atomic E-state index is 13.2. The van der Waals surface area contributed by atoms with E-state index in [0.717, 1.165) is 32.4 Å². The summed E-state index contributed by atoms with van der Waals surface area (Å²) in [4.78, 5) is 29.5. The molecule has 7 heteroatoms. The second-order valence-electron chi connectivity index (χ2n) is 9.07. The van der Waals surface area contributed by atoms with Crippen molar-refractivity contribution in [2.75, 3.05) is 45.7 Å². The smallest absolute Gasteiger partial charge is 0.257 e. The lowest BCUT2D eigenvalue weighted by Gasteiger charge is -2.35. The molecule has 1 heterocycles. The number of amides is 2. The summed E-state index contributed by atoms with van der Waals surface area (Å²) in [6, 6.07) is 5.50. The Balaban J connectivity index is 1.89. The van der Waals surface area contributed by atoms with Gasteiger partial charge in [-0.3, -0.25) is 14.5 Å². The van der Waals surface area contributed by atoms with Crippen molar-refractivity contribution in [3.63, 3.8) is 0 Å². The van der Waals surface area contributed by atoms with Crippen LogP contribution < -0.4 is 10.1 Å². The van der Waals surface area contributed by atoms with Crippen LogP contribution in [0.2, 0.25) is 0 Å². The summed E-state index contributed by atoms with van der Waals surface area (Å²) in [6.45, 7) is 9.34. The van der Waals surface area contributed by atoms with Gasteiger partial charge in [-0.25, -0.2) is 0 Å². The molecule has 0 aromatic heterocycles. The Labute approximate surface area is 186 Å². The number of ether oxygens (including phenoxy) is 2. The summed E-state index contributed by atoms with van der Waals surface area (Å²) in [6.07, 6.45) is 2.89. The topological polar surface area (TPSA) is 71.1 Å². The average Bonchev–Trinajstić information content (AvgIpc) is 3.59. The fraction of sp³-hybridized carbons (Fsp3) is 0.667. The van der Waals surface area contributed by atoms with Gasteiger partial charge in [0.15, 0.2) is 0 Å². The van der Waals surface area contributed by atoms with Gasteiger partial charge in [0.2, 0.25) is 5.91 Å². The van der Waals surface area contributed by atoms with Crippen molar-refractivity contribution in [3.8, 4) is 5.75 Å². The first-order valence-corrected chi connectivity index (χ1v) is 11.4. The Bertz CT molecular complexity index is 780. The summed E-state index contributed by atoms with van der Waals surface area (Å²) in [5, 5.41) is 2.95. The van der Waals surface area contributed by atoms with Gasteiger partial charge in [-0.2, -0.15) is 0 Å². The molecule has 0 saturated heterocycles. The first kappa shape index (κ1) is 23.5. The predicted octanol–water partition coefficient (Wildman–Crippen LogP) is 3.25. The summed E-state index contributed by atoms with van der Waals surface area (Å²) in [7, 11) is 3.51. The molecule has 1 saturated carbocycles. The van der Waals surface area contributed by atoms with Crippen molar-refractivity contribution in [3.05, 3.63) is 23.8 Å². The van der Waals surface area contributed by atoms with Crippen LogP contribution in [-0.2, 0) is 9.53 Å². The molecule has 1 aromatic carbocycles. The normalized spacial score (nSPS) is 25.8. The van der Waals surface area contributed by atoms with Crippen LogP contribution in [-0.4, -0.2) is 74.2 Å². The van der Waals surface area contributed by atoms with E-state index in [4.69, 9.17) is 9.47 Å². The van der Waals surface area contributed by atoms with E-state index in [2.05, 4.69) is 31.0 Å². The van der Waals surface area contributed by atoms with E-state index in [9.17, 15) is 9.59 Å². The number of fused-ring (bicyclic) bond motifs is 1. The molecule has 2 amide bonds. The number of benzene rings is 1. The summed E-state index contributed by atoms with van der Waals surface area (Å²) in [5.41, 5.74) is 1.17. The van der Waals surface area contributed by atoms with Crippen LogP contribution >= 0.6 is 0 Å². The van der Waals surface area contributed by atoms with Crippen molar-refractivity contribution in [1.29, 1.82) is 0 Å². The van der Waals surface area contributed by atoms with Gasteiger partial charge in [0.25, 0.3) is 5.91 Å². The fourth-order valence-electron chi connectivity index (χ4n) is 4.11. The number of hydrogen-bond acceptors (Lipinski definition) is 5. The van der Waals surface area contributed by atoms with Gasteiger partial charge in [-0.05, 0) is 50.8 Å². The minimum atomic E-state index is -0.108. The van der Waals surface area contributed by atoms with Crippen LogP contribution in [0.4, 0.5) is 5.69 Å². The number of likely N-dealkylation sites (N-methyl/N-ethyl adjacent to an activating group) is 1. The predicted molar refractivity (Wildman–Crippen MR) is 122 cm³/mol. The highest BCUT2D eigenvalue weighted by atomic mass is 16.5.